The lowest BCUT2D eigenvalue weighted by atomic mass is 9.84. The minimum atomic E-state index is 0. The molecule has 2 fully saturated rings. The van der Waals surface area contributed by atoms with Gasteiger partial charge in [-0.15, -0.1) is 24.8 Å². The lowest BCUT2D eigenvalue weighted by molar-refractivity contribution is 0.198. The van der Waals surface area contributed by atoms with E-state index in [0.717, 1.165) is 57.0 Å². The van der Waals surface area contributed by atoms with Crippen LogP contribution in [0.15, 0.2) is 47.3 Å². The number of piperidine rings is 1. The largest absolute Gasteiger partial charge is 0.489 e. The van der Waals surface area contributed by atoms with Crippen molar-refractivity contribution in [2.45, 2.75) is 38.0 Å². The number of pyridine rings is 1. The predicted octanol–water partition coefficient (Wildman–Crippen LogP) is 3.05. The average molecular weight is 438 g/mol. The summed E-state index contributed by atoms with van der Waals surface area (Å²) in [6.07, 6.45) is 2.44. The Morgan fingerprint density at radius 3 is 2.69 bits per heavy atom. The summed E-state index contributed by atoms with van der Waals surface area (Å²) in [6.45, 7) is 5.49. The molecule has 3 aliphatic rings. The van der Waals surface area contributed by atoms with Gasteiger partial charge in [-0.1, -0.05) is 24.3 Å². The lowest BCUT2D eigenvalue weighted by Gasteiger charge is -2.37. The molecule has 158 valence electrons. The van der Waals surface area contributed by atoms with Gasteiger partial charge in [0.05, 0.1) is 0 Å². The molecule has 4 heterocycles. The molecule has 0 radical (unpaired) electrons. The van der Waals surface area contributed by atoms with Crippen molar-refractivity contribution in [1.82, 2.24) is 14.8 Å². The Labute approximate surface area is 184 Å². The van der Waals surface area contributed by atoms with Crippen molar-refractivity contribution < 1.29 is 4.74 Å². The van der Waals surface area contributed by atoms with Crippen LogP contribution in [0.3, 0.4) is 0 Å². The molecular weight excluding hydrogens is 409 g/mol. The number of halogens is 2. The molecule has 5 nitrogen and oxygen atoms in total. The Kier molecular flexibility index (Phi) is 7.28. The summed E-state index contributed by atoms with van der Waals surface area (Å²) in [4.78, 5) is 15.4. The third kappa shape index (κ3) is 4.64. The number of para-hydroxylation sites is 1. The van der Waals surface area contributed by atoms with Crippen molar-refractivity contribution >= 4 is 24.8 Å². The number of aromatic nitrogens is 1. The van der Waals surface area contributed by atoms with Crippen molar-refractivity contribution in [2.24, 2.45) is 5.92 Å². The van der Waals surface area contributed by atoms with Gasteiger partial charge < -0.3 is 14.6 Å². The summed E-state index contributed by atoms with van der Waals surface area (Å²) >= 11 is 0. The average Bonchev–Trinajstić information content (AvgIpc) is 3.12. The number of ether oxygens (including phenoxy) is 1. The third-order valence-electron chi connectivity index (χ3n) is 6.26. The Balaban J connectivity index is 0.00000120. The molecule has 3 aliphatic heterocycles. The smallest absolute Gasteiger partial charge is 0.255 e. The van der Waals surface area contributed by atoms with Crippen molar-refractivity contribution in [3.8, 4) is 5.75 Å². The van der Waals surface area contributed by atoms with Crippen molar-refractivity contribution in [2.75, 3.05) is 26.2 Å². The highest BCUT2D eigenvalue weighted by Crippen LogP contribution is 2.31. The van der Waals surface area contributed by atoms with E-state index in [9.17, 15) is 4.79 Å². The summed E-state index contributed by atoms with van der Waals surface area (Å²) in [5.41, 5.74) is 2.36. The van der Waals surface area contributed by atoms with Crippen LogP contribution in [0.4, 0.5) is 0 Å². The molecule has 1 N–H and O–H groups in total. The number of likely N-dealkylation sites (tertiary alicyclic amines) is 1. The first-order valence-corrected chi connectivity index (χ1v) is 10.1. The quantitative estimate of drug-likeness (QED) is 0.797. The molecule has 0 amide bonds. The molecule has 1 aromatic heterocycles. The summed E-state index contributed by atoms with van der Waals surface area (Å²) in [5, 5.41) is 3.51. The highest BCUT2D eigenvalue weighted by atomic mass is 35.5. The number of benzene rings is 1. The Bertz CT molecular complexity index is 874. The SMILES string of the molecule is Cl.Cl.O=c1c(CN2CC[C@@H](Oc3ccccc3)C2)ccc2n1C[C@@H]1CNC[C@H]2C1. The molecule has 0 unspecified atom stereocenters. The number of nitrogens with one attached hydrogen (secondary N) is 1. The standard InChI is InChI=1S/C22H27N3O2.2ClH/c26-22-17(6-7-21-18-10-16(11-23-12-18)13-25(21)22)14-24-9-8-20(15-24)27-19-4-2-1-3-5-19;;/h1-7,16,18,20,23H,8-15H2;2*1H/t16-,18+,20+;;/m0../s1. The molecule has 5 rings (SSSR count). The van der Waals surface area contributed by atoms with E-state index in [0.29, 0.717) is 11.8 Å². The number of hydrogen-bond acceptors (Lipinski definition) is 4. The fraction of sp³-hybridized carbons (Fsp3) is 0.500. The van der Waals surface area contributed by atoms with Crippen molar-refractivity contribution in [1.29, 1.82) is 0 Å². The number of hydrogen-bond donors (Lipinski definition) is 1. The summed E-state index contributed by atoms with van der Waals surface area (Å²) in [7, 11) is 0. The van der Waals surface area contributed by atoms with Gasteiger partial charge in [-0.2, -0.15) is 0 Å². The molecule has 2 bridgehead atoms. The maximum atomic E-state index is 13.1. The molecule has 0 aliphatic carbocycles. The monoisotopic (exact) mass is 437 g/mol. The minimum Gasteiger partial charge on any atom is -0.489 e. The Hall–Kier alpha value is -1.53. The highest BCUT2D eigenvalue weighted by Gasteiger charge is 2.32. The predicted molar refractivity (Wildman–Crippen MR) is 120 cm³/mol. The van der Waals surface area contributed by atoms with E-state index in [2.05, 4.69) is 26.9 Å². The molecule has 3 atom stereocenters. The van der Waals surface area contributed by atoms with Gasteiger partial charge in [0.15, 0.2) is 0 Å². The maximum Gasteiger partial charge on any atom is 0.255 e. The molecule has 0 spiro atoms. The van der Waals surface area contributed by atoms with E-state index in [4.69, 9.17) is 4.74 Å². The van der Waals surface area contributed by atoms with Crippen LogP contribution in [0.2, 0.25) is 0 Å². The van der Waals surface area contributed by atoms with Gasteiger partial charge in [0.25, 0.3) is 5.56 Å². The van der Waals surface area contributed by atoms with Crippen LogP contribution in [0.5, 0.6) is 5.75 Å². The number of fused-ring (bicyclic) bond motifs is 4. The summed E-state index contributed by atoms with van der Waals surface area (Å²) < 4.78 is 8.14. The fourth-order valence-electron chi connectivity index (χ4n) is 4.93. The second-order valence-electron chi connectivity index (χ2n) is 8.23. The topological polar surface area (TPSA) is 46.5 Å². The second-order valence-corrected chi connectivity index (χ2v) is 8.23. The first kappa shape index (κ1) is 22.2. The summed E-state index contributed by atoms with van der Waals surface area (Å²) in [6, 6.07) is 14.3. The molecule has 1 aromatic carbocycles. The molecule has 0 saturated carbocycles. The first-order chi connectivity index (χ1) is 13.3. The van der Waals surface area contributed by atoms with Gasteiger partial charge in [-0.25, -0.2) is 0 Å². The first-order valence-electron chi connectivity index (χ1n) is 10.1. The van der Waals surface area contributed by atoms with Crippen LogP contribution in [-0.2, 0) is 13.1 Å². The van der Waals surface area contributed by atoms with Crippen molar-refractivity contribution in [3.63, 3.8) is 0 Å². The lowest BCUT2D eigenvalue weighted by Crippen LogP contribution is -2.45. The van der Waals surface area contributed by atoms with Crippen LogP contribution < -0.4 is 15.6 Å². The maximum absolute atomic E-state index is 13.1. The zero-order chi connectivity index (χ0) is 18.2. The van der Waals surface area contributed by atoms with Crippen LogP contribution in [-0.4, -0.2) is 41.8 Å². The summed E-state index contributed by atoms with van der Waals surface area (Å²) in [5.74, 6) is 2.02. The number of rotatable bonds is 4. The van der Waals surface area contributed by atoms with E-state index < -0.39 is 0 Å². The minimum absolute atomic E-state index is 0. The second kappa shape index (κ2) is 9.52. The van der Waals surface area contributed by atoms with Crippen LogP contribution in [0, 0.1) is 5.92 Å². The molecule has 2 aromatic rings. The van der Waals surface area contributed by atoms with Crippen LogP contribution in [0.25, 0.3) is 0 Å². The normalized spacial score (nSPS) is 25.4. The van der Waals surface area contributed by atoms with Gasteiger partial charge in [-0.05, 0) is 43.5 Å². The van der Waals surface area contributed by atoms with Crippen molar-refractivity contribution in [3.05, 3.63) is 64.1 Å². The highest BCUT2D eigenvalue weighted by molar-refractivity contribution is 5.85. The Morgan fingerprint density at radius 1 is 1.03 bits per heavy atom. The molecule has 29 heavy (non-hydrogen) atoms. The van der Waals surface area contributed by atoms with Gasteiger partial charge in [0.1, 0.15) is 11.9 Å². The molecule has 2 saturated heterocycles. The Morgan fingerprint density at radius 2 is 1.86 bits per heavy atom. The fourth-order valence-corrected chi connectivity index (χ4v) is 4.93. The van der Waals surface area contributed by atoms with E-state index >= 15 is 0 Å². The van der Waals surface area contributed by atoms with Crippen LogP contribution in [0.1, 0.15) is 30.0 Å². The van der Waals surface area contributed by atoms with E-state index in [-0.39, 0.29) is 36.5 Å². The van der Waals surface area contributed by atoms with Crippen LogP contribution >= 0.6 is 24.8 Å². The van der Waals surface area contributed by atoms with E-state index in [1.807, 2.05) is 30.3 Å². The zero-order valence-corrected chi connectivity index (χ0v) is 18.1. The van der Waals surface area contributed by atoms with E-state index in [1.165, 1.54) is 12.1 Å². The zero-order valence-electron chi connectivity index (χ0n) is 16.5. The molecular formula is C22H29Cl2N3O2. The molecule has 7 heteroatoms. The number of nitrogens with zero attached hydrogens (tertiary/aromatic N) is 2. The van der Waals surface area contributed by atoms with Gasteiger partial charge in [-0.3, -0.25) is 9.69 Å². The van der Waals surface area contributed by atoms with Gasteiger partial charge in [0, 0.05) is 49.9 Å². The van der Waals surface area contributed by atoms with Gasteiger partial charge in [0.2, 0.25) is 0 Å². The van der Waals surface area contributed by atoms with Gasteiger partial charge >= 0.3 is 0 Å². The third-order valence-corrected chi connectivity index (χ3v) is 6.26. The van der Waals surface area contributed by atoms with E-state index in [1.54, 1.807) is 0 Å².